The summed E-state index contributed by atoms with van der Waals surface area (Å²) in [5.74, 6) is 2.59. The van der Waals surface area contributed by atoms with E-state index in [4.69, 9.17) is 20.2 Å². The minimum absolute atomic E-state index is 0.187. The van der Waals surface area contributed by atoms with E-state index in [1.807, 2.05) is 12.1 Å². The van der Waals surface area contributed by atoms with E-state index in [0.717, 1.165) is 56.4 Å². The van der Waals surface area contributed by atoms with Gasteiger partial charge in [0.25, 0.3) is 0 Å². The number of likely N-dealkylation sites (tertiary alicyclic amines) is 1. The summed E-state index contributed by atoms with van der Waals surface area (Å²) in [5.41, 5.74) is 6.39. The van der Waals surface area contributed by atoms with Crippen LogP contribution in [0.3, 0.4) is 0 Å². The van der Waals surface area contributed by atoms with Crippen LogP contribution in [-0.4, -0.2) is 55.2 Å². The van der Waals surface area contributed by atoms with Gasteiger partial charge >= 0.3 is 0 Å². The smallest absolute Gasteiger partial charge is 0.217 e. The van der Waals surface area contributed by atoms with E-state index in [0.29, 0.717) is 25.5 Å². The number of ether oxygens (including phenoxy) is 2. The van der Waals surface area contributed by atoms with E-state index in [1.165, 1.54) is 5.56 Å². The standard InChI is InChI=1S/C22H34N4O3/c1-4-24-21(26-11-6-7-16(15-26)13-19(23)27)25-10-12-28-18-9-5-8-17-14-22(2,3)29-20(17)18/h5,8-9,16H,4,6-7,10-15H2,1-3H3,(H2,23,27)(H,24,25). The third-order valence-electron chi connectivity index (χ3n) is 5.31. The van der Waals surface area contributed by atoms with E-state index in [-0.39, 0.29) is 11.5 Å². The summed E-state index contributed by atoms with van der Waals surface area (Å²) in [6.45, 7) is 9.82. The molecule has 2 heterocycles. The van der Waals surface area contributed by atoms with Crippen LogP contribution < -0.4 is 20.5 Å². The van der Waals surface area contributed by atoms with E-state index in [9.17, 15) is 4.79 Å². The highest BCUT2D eigenvalue weighted by molar-refractivity contribution is 5.80. The molecule has 3 rings (SSSR count). The van der Waals surface area contributed by atoms with Crippen LogP contribution in [0.5, 0.6) is 11.5 Å². The molecule has 1 fully saturated rings. The molecule has 1 unspecified atom stereocenters. The van der Waals surface area contributed by atoms with Crippen LogP contribution in [0.25, 0.3) is 0 Å². The highest BCUT2D eigenvalue weighted by atomic mass is 16.5. The Morgan fingerprint density at radius 1 is 1.45 bits per heavy atom. The van der Waals surface area contributed by atoms with Gasteiger partial charge in [-0.1, -0.05) is 12.1 Å². The summed E-state index contributed by atoms with van der Waals surface area (Å²) in [7, 11) is 0. The minimum Gasteiger partial charge on any atom is -0.488 e. The molecule has 2 aliphatic rings. The first kappa shape index (κ1) is 21.3. The molecule has 1 atom stereocenters. The quantitative estimate of drug-likeness (QED) is 0.415. The van der Waals surface area contributed by atoms with Crippen LogP contribution in [0.4, 0.5) is 0 Å². The second kappa shape index (κ2) is 9.37. The van der Waals surface area contributed by atoms with Crippen molar-refractivity contribution < 1.29 is 14.3 Å². The normalized spacial score (nSPS) is 20.7. The van der Waals surface area contributed by atoms with Gasteiger partial charge in [-0.25, -0.2) is 4.99 Å². The minimum atomic E-state index is -0.229. The number of nitrogens with one attached hydrogen (secondary N) is 1. The van der Waals surface area contributed by atoms with Gasteiger partial charge in [0, 0.05) is 38.0 Å². The zero-order chi connectivity index (χ0) is 20.9. The van der Waals surface area contributed by atoms with Gasteiger partial charge in [0.1, 0.15) is 12.2 Å². The molecule has 0 radical (unpaired) electrons. The number of nitrogens with zero attached hydrogens (tertiary/aromatic N) is 2. The van der Waals surface area contributed by atoms with Crippen molar-refractivity contribution in [1.29, 1.82) is 0 Å². The number of benzene rings is 1. The van der Waals surface area contributed by atoms with E-state index < -0.39 is 0 Å². The molecule has 1 saturated heterocycles. The van der Waals surface area contributed by atoms with Crippen molar-refractivity contribution >= 4 is 11.9 Å². The molecule has 7 heteroatoms. The van der Waals surface area contributed by atoms with Crippen LogP contribution in [0.2, 0.25) is 0 Å². The number of rotatable bonds is 7. The van der Waals surface area contributed by atoms with Crippen LogP contribution in [-0.2, 0) is 11.2 Å². The molecule has 1 aromatic rings. The molecule has 3 N–H and O–H groups in total. The van der Waals surface area contributed by atoms with Gasteiger partial charge in [-0.05, 0) is 45.6 Å². The Hall–Kier alpha value is -2.44. The summed E-state index contributed by atoms with van der Waals surface area (Å²) >= 11 is 0. The molecular formula is C22H34N4O3. The lowest BCUT2D eigenvalue weighted by Crippen LogP contribution is -2.47. The van der Waals surface area contributed by atoms with Gasteiger partial charge in [-0.15, -0.1) is 0 Å². The van der Waals surface area contributed by atoms with E-state index >= 15 is 0 Å². The van der Waals surface area contributed by atoms with Gasteiger partial charge in [-0.3, -0.25) is 4.79 Å². The number of hydrogen-bond donors (Lipinski definition) is 2. The van der Waals surface area contributed by atoms with Gasteiger partial charge in [0.2, 0.25) is 5.91 Å². The monoisotopic (exact) mass is 402 g/mol. The number of carbonyl (C=O) groups excluding carboxylic acids is 1. The molecule has 0 aliphatic carbocycles. The predicted octanol–water partition coefficient (Wildman–Crippen LogP) is 2.33. The number of aliphatic imine (C=N–C) groups is 1. The maximum absolute atomic E-state index is 11.3. The molecule has 0 aromatic heterocycles. The predicted molar refractivity (Wildman–Crippen MR) is 114 cm³/mol. The molecule has 160 valence electrons. The average molecular weight is 403 g/mol. The van der Waals surface area contributed by atoms with Crippen molar-refractivity contribution in [2.75, 3.05) is 32.8 Å². The SMILES string of the molecule is CCNC(=NCCOc1cccc2c1OC(C)(C)C2)N1CCCC(CC(N)=O)C1. The van der Waals surface area contributed by atoms with Gasteiger partial charge in [-0.2, -0.15) is 0 Å². The molecule has 1 aromatic carbocycles. The first-order chi connectivity index (χ1) is 13.9. The van der Waals surface area contributed by atoms with E-state index in [1.54, 1.807) is 0 Å². The Bertz CT molecular complexity index is 748. The molecule has 0 spiro atoms. The topological polar surface area (TPSA) is 89.2 Å². The number of hydrogen-bond acceptors (Lipinski definition) is 4. The highest BCUT2D eigenvalue weighted by Crippen LogP contribution is 2.41. The Labute approximate surface area is 173 Å². The number of primary amides is 1. The number of fused-ring (bicyclic) bond motifs is 1. The number of carbonyl (C=O) groups is 1. The van der Waals surface area contributed by atoms with Crippen LogP contribution >= 0.6 is 0 Å². The number of guanidine groups is 1. The van der Waals surface area contributed by atoms with E-state index in [2.05, 4.69) is 37.1 Å². The fourth-order valence-electron chi connectivity index (χ4n) is 4.14. The van der Waals surface area contributed by atoms with Crippen molar-refractivity contribution in [2.24, 2.45) is 16.6 Å². The number of piperidine rings is 1. The fraction of sp³-hybridized carbons (Fsp3) is 0.636. The molecule has 29 heavy (non-hydrogen) atoms. The summed E-state index contributed by atoms with van der Waals surface area (Å²) in [6.07, 6.45) is 3.41. The fourth-order valence-corrected chi connectivity index (χ4v) is 4.14. The van der Waals surface area contributed by atoms with Crippen molar-refractivity contribution in [3.05, 3.63) is 23.8 Å². The van der Waals surface area contributed by atoms with Gasteiger partial charge in [0.05, 0.1) is 6.54 Å². The molecule has 0 bridgehead atoms. The van der Waals surface area contributed by atoms with Gasteiger partial charge in [0.15, 0.2) is 17.5 Å². The zero-order valence-electron chi connectivity index (χ0n) is 17.9. The second-order valence-electron chi connectivity index (χ2n) is 8.49. The number of amides is 1. The summed E-state index contributed by atoms with van der Waals surface area (Å²) in [4.78, 5) is 18.2. The maximum atomic E-state index is 11.3. The molecule has 1 amide bonds. The first-order valence-corrected chi connectivity index (χ1v) is 10.6. The lowest BCUT2D eigenvalue weighted by Gasteiger charge is -2.34. The summed E-state index contributed by atoms with van der Waals surface area (Å²) in [5, 5.41) is 3.36. The molecule has 0 saturated carbocycles. The summed E-state index contributed by atoms with van der Waals surface area (Å²) < 4.78 is 12.1. The largest absolute Gasteiger partial charge is 0.488 e. The lowest BCUT2D eigenvalue weighted by molar-refractivity contribution is -0.119. The molecular weight excluding hydrogens is 368 g/mol. The van der Waals surface area contributed by atoms with Crippen molar-refractivity contribution in [3.8, 4) is 11.5 Å². The van der Waals surface area contributed by atoms with Gasteiger partial charge < -0.3 is 25.4 Å². The Morgan fingerprint density at radius 3 is 3.03 bits per heavy atom. The summed E-state index contributed by atoms with van der Waals surface area (Å²) in [6, 6.07) is 6.06. The van der Waals surface area contributed by atoms with Crippen molar-refractivity contribution in [1.82, 2.24) is 10.2 Å². The Balaban J connectivity index is 1.57. The number of nitrogens with two attached hydrogens (primary N) is 1. The first-order valence-electron chi connectivity index (χ1n) is 10.6. The molecule has 7 nitrogen and oxygen atoms in total. The molecule has 2 aliphatic heterocycles. The van der Waals surface area contributed by atoms with Crippen LogP contribution in [0.15, 0.2) is 23.2 Å². The third kappa shape index (κ3) is 5.78. The Kier molecular flexibility index (Phi) is 6.87. The average Bonchev–Trinajstić information content (AvgIpc) is 2.98. The number of para-hydroxylation sites is 1. The van der Waals surface area contributed by atoms with Crippen molar-refractivity contribution in [3.63, 3.8) is 0 Å². The lowest BCUT2D eigenvalue weighted by atomic mass is 9.95. The van der Waals surface area contributed by atoms with Crippen LogP contribution in [0, 0.1) is 5.92 Å². The van der Waals surface area contributed by atoms with Crippen LogP contribution in [0.1, 0.15) is 45.6 Å². The second-order valence-corrected chi connectivity index (χ2v) is 8.49. The van der Waals surface area contributed by atoms with Crippen molar-refractivity contribution in [2.45, 2.75) is 52.1 Å². The maximum Gasteiger partial charge on any atom is 0.217 e. The third-order valence-corrected chi connectivity index (χ3v) is 5.31. The Morgan fingerprint density at radius 2 is 2.28 bits per heavy atom. The highest BCUT2D eigenvalue weighted by Gasteiger charge is 2.32. The zero-order valence-corrected chi connectivity index (χ0v) is 17.9.